The Balaban J connectivity index is 1.51. The molecule has 0 radical (unpaired) electrons. The Hall–Kier alpha value is -2.61. The molecule has 3 aromatic carbocycles. The number of hydrogen-bond acceptors (Lipinski definition) is 2. The zero-order valence-corrected chi connectivity index (χ0v) is 26.6. The first kappa shape index (κ1) is 31.9. The Morgan fingerprint density at radius 3 is 1.48 bits per heavy atom. The number of aldehydes is 1. The van der Waals surface area contributed by atoms with E-state index in [9.17, 15) is 9.59 Å². The van der Waals surface area contributed by atoms with Crippen LogP contribution in [0.4, 0.5) is 0 Å². The molecule has 0 aliphatic heterocycles. The van der Waals surface area contributed by atoms with Gasteiger partial charge in [0.2, 0.25) is 0 Å². The number of unbranched alkanes of at least 4 members (excludes halogenated alkanes) is 8. The maximum atomic E-state index is 12.0. The van der Waals surface area contributed by atoms with E-state index in [0.717, 1.165) is 25.3 Å². The van der Waals surface area contributed by atoms with Crippen LogP contribution in [0.3, 0.4) is 0 Å². The standard InChI is InChI=1S/C36H44BrO2P/c1-31(30-38)32(2)36(39)28-20-9-7-5-3-4-6-8-10-21-29-40(37,33-22-14-11-15-23-33,34-24-16-12-17-25-34)35-26-18-13-19-27-35/h11-20,22-28,30H,3-10,21,29H2,1-2H3. The minimum absolute atomic E-state index is 0.0615. The molecule has 212 valence electrons. The summed E-state index contributed by atoms with van der Waals surface area (Å²) in [6.45, 7) is 3.39. The van der Waals surface area contributed by atoms with Crippen LogP contribution in [0.2, 0.25) is 0 Å². The molecule has 0 unspecified atom stereocenters. The first-order valence-electron chi connectivity index (χ1n) is 14.6. The molecule has 3 rings (SSSR count). The van der Waals surface area contributed by atoms with Gasteiger partial charge in [0, 0.05) is 5.57 Å². The van der Waals surface area contributed by atoms with Gasteiger partial charge >= 0.3 is 204 Å². The number of ketones is 1. The van der Waals surface area contributed by atoms with E-state index in [-0.39, 0.29) is 5.78 Å². The molecule has 0 aliphatic rings. The molecule has 2 nitrogen and oxygen atoms in total. The van der Waals surface area contributed by atoms with Gasteiger partial charge in [0.25, 0.3) is 0 Å². The summed E-state index contributed by atoms with van der Waals surface area (Å²) in [5, 5.41) is 1.39. The van der Waals surface area contributed by atoms with Gasteiger partial charge in [-0.05, 0) is 19.4 Å². The zero-order valence-electron chi connectivity index (χ0n) is 24.1. The number of carbonyl (C=O) groups excluding carboxylic acids is 2. The van der Waals surface area contributed by atoms with Crippen molar-refractivity contribution in [3.8, 4) is 0 Å². The van der Waals surface area contributed by atoms with Gasteiger partial charge in [-0.2, -0.15) is 0 Å². The molecule has 0 heterocycles. The van der Waals surface area contributed by atoms with Crippen LogP contribution in [0.25, 0.3) is 0 Å². The normalized spacial score (nSPS) is 13.4. The fraction of sp³-hybridized carbons (Fsp3) is 0.333. The molecule has 0 bridgehead atoms. The van der Waals surface area contributed by atoms with Gasteiger partial charge in [-0.15, -0.1) is 0 Å². The van der Waals surface area contributed by atoms with E-state index in [4.69, 9.17) is 0 Å². The molecule has 0 N–H and O–H groups in total. The average Bonchev–Trinajstić information content (AvgIpc) is 3.02. The van der Waals surface area contributed by atoms with Crippen molar-refractivity contribution < 1.29 is 9.59 Å². The van der Waals surface area contributed by atoms with Crippen LogP contribution >= 0.6 is 20.8 Å². The fourth-order valence-corrected chi connectivity index (χ4v) is 13.1. The Labute approximate surface area is 249 Å². The van der Waals surface area contributed by atoms with Crippen LogP contribution in [0.15, 0.2) is 114 Å². The summed E-state index contributed by atoms with van der Waals surface area (Å²) in [6, 6.07) is 33.2. The zero-order chi connectivity index (χ0) is 28.7. The van der Waals surface area contributed by atoms with Crippen molar-refractivity contribution in [1.82, 2.24) is 0 Å². The van der Waals surface area contributed by atoms with Crippen molar-refractivity contribution in [2.45, 2.75) is 71.6 Å². The number of rotatable bonds is 17. The average molecular weight is 620 g/mol. The van der Waals surface area contributed by atoms with E-state index < -0.39 is 5.31 Å². The molecule has 4 heteroatoms. The van der Waals surface area contributed by atoms with Crippen molar-refractivity contribution in [3.63, 3.8) is 0 Å². The molecule has 40 heavy (non-hydrogen) atoms. The van der Waals surface area contributed by atoms with Crippen LogP contribution in [-0.4, -0.2) is 18.2 Å². The third-order valence-electron chi connectivity index (χ3n) is 7.99. The van der Waals surface area contributed by atoms with Gasteiger partial charge in [0.05, 0.1) is 0 Å². The van der Waals surface area contributed by atoms with Crippen molar-refractivity contribution >= 4 is 48.8 Å². The van der Waals surface area contributed by atoms with Crippen molar-refractivity contribution in [1.29, 1.82) is 0 Å². The molecular weight excluding hydrogens is 575 g/mol. The van der Waals surface area contributed by atoms with Crippen LogP contribution in [-0.2, 0) is 9.59 Å². The molecule has 0 spiro atoms. The predicted molar refractivity (Wildman–Crippen MR) is 179 cm³/mol. The summed E-state index contributed by atoms with van der Waals surface area (Å²) < 4.78 is 0. The summed E-state index contributed by atoms with van der Waals surface area (Å²) in [6.07, 6.45) is 16.0. The van der Waals surface area contributed by atoms with E-state index in [0.29, 0.717) is 11.1 Å². The maximum absolute atomic E-state index is 12.0. The van der Waals surface area contributed by atoms with E-state index in [1.165, 1.54) is 60.9 Å². The molecule has 0 atom stereocenters. The van der Waals surface area contributed by atoms with Gasteiger partial charge in [-0.1, -0.05) is 0 Å². The number of halogens is 1. The van der Waals surface area contributed by atoms with Crippen molar-refractivity contribution in [2.24, 2.45) is 0 Å². The Morgan fingerprint density at radius 2 is 1.05 bits per heavy atom. The fourth-order valence-electron chi connectivity index (χ4n) is 5.38. The van der Waals surface area contributed by atoms with Gasteiger partial charge in [0.15, 0.2) is 5.78 Å². The number of allylic oxidation sites excluding steroid dienone is 4. The molecular formula is C36H44BrO2P. The summed E-state index contributed by atoms with van der Waals surface area (Å²) >= 11 is 4.55. The van der Waals surface area contributed by atoms with Crippen LogP contribution in [0, 0.1) is 0 Å². The summed E-state index contributed by atoms with van der Waals surface area (Å²) in [5.41, 5.74) is 1.04. The Bertz CT molecular complexity index is 1170. The van der Waals surface area contributed by atoms with Crippen LogP contribution in [0.1, 0.15) is 71.6 Å². The second kappa shape index (κ2) is 16.0. The number of hydrogen-bond donors (Lipinski definition) is 0. The number of benzene rings is 3. The third kappa shape index (κ3) is 7.99. The first-order chi connectivity index (χ1) is 19.4. The molecule has 3 aromatic rings. The van der Waals surface area contributed by atoms with Gasteiger partial charge in [-0.25, -0.2) is 0 Å². The first-order valence-corrected chi connectivity index (χ1v) is 19.1. The van der Waals surface area contributed by atoms with Crippen molar-refractivity contribution in [2.75, 3.05) is 6.16 Å². The third-order valence-corrected chi connectivity index (χ3v) is 18.0. The van der Waals surface area contributed by atoms with Gasteiger partial charge in [-0.3, -0.25) is 9.59 Å². The van der Waals surface area contributed by atoms with Gasteiger partial charge < -0.3 is 0 Å². The van der Waals surface area contributed by atoms with E-state index in [1.54, 1.807) is 19.9 Å². The molecule has 0 aromatic heterocycles. The quantitative estimate of drug-likeness (QED) is 0.0654. The predicted octanol–water partition coefficient (Wildman–Crippen LogP) is 9.00. The van der Waals surface area contributed by atoms with Crippen molar-refractivity contribution in [3.05, 3.63) is 114 Å². The molecule has 0 saturated heterocycles. The van der Waals surface area contributed by atoms with Crippen LogP contribution < -0.4 is 15.9 Å². The van der Waals surface area contributed by atoms with Crippen LogP contribution in [0.5, 0.6) is 0 Å². The summed E-state index contributed by atoms with van der Waals surface area (Å²) in [5.74, 6) is -0.0615. The second-order valence-electron chi connectivity index (χ2n) is 10.7. The number of carbonyl (C=O) groups is 2. The van der Waals surface area contributed by atoms with E-state index in [1.807, 2.05) is 6.08 Å². The molecule has 0 amide bonds. The monoisotopic (exact) mass is 618 g/mol. The van der Waals surface area contributed by atoms with E-state index >= 15 is 0 Å². The second-order valence-corrected chi connectivity index (χ2v) is 19.8. The van der Waals surface area contributed by atoms with E-state index in [2.05, 4.69) is 106 Å². The molecule has 0 fully saturated rings. The topological polar surface area (TPSA) is 34.1 Å². The Morgan fingerprint density at radius 1 is 0.650 bits per heavy atom. The Kier molecular flexibility index (Phi) is 12.8. The summed E-state index contributed by atoms with van der Waals surface area (Å²) in [7, 11) is 0. The SMILES string of the molecule is CC(C=O)=C(C)C(=O)C=CCCCCCCCCCCP(Br)(c1ccccc1)(c1ccccc1)c1ccccc1. The molecule has 0 saturated carbocycles. The molecule has 0 aliphatic carbocycles. The van der Waals surface area contributed by atoms with Gasteiger partial charge in [0.1, 0.15) is 6.29 Å². The minimum atomic E-state index is -2.79. The summed E-state index contributed by atoms with van der Waals surface area (Å²) in [4.78, 5) is 22.8.